The second-order valence-electron chi connectivity index (χ2n) is 8.01. The minimum absolute atomic E-state index is 0.0482. The molecule has 0 saturated carbocycles. The highest BCUT2D eigenvalue weighted by Crippen LogP contribution is 2.38. The van der Waals surface area contributed by atoms with E-state index in [0.717, 1.165) is 36.2 Å². The average molecular weight is 468 g/mol. The number of benzene rings is 2. The Bertz CT molecular complexity index is 1330. The minimum Gasteiger partial charge on any atom is -0.494 e. The van der Waals surface area contributed by atoms with E-state index in [9.17, 15) is 15.0 Å². The Kier molecular flexibility index (Phi) is 5.47. The molecule has 0 amide bonds. The number of aliphatic hydroxyl groups is 1. The van der Waals surface area contributed by atoms with Crippen LogP contribution < -0.4 is 9.64 Å². The standard InChI is InChI=1S/C24H22ClN3O5/c1-32-21-11-20(33-27-21)23(30)22-17-9-16(18(25)10-19(17)26-24(22)31)13-4-6-14(7-5-13)28-8-2-3-15(28)12-29/h4-7,9-11,15,26,29,31H,2-3,8,12H2,1H3/t15-/m0/s1. The van der Waals surface area contributed by atoms with Gasteiger partial charge in [-0.05, 0) is 47.8 Å². The zero-order valence-corrected chi connectivity index (χ0v) is 18.6. The molecule has 0 aliphatic carbocycles. The number of aromatic amines is 1. The maximum absolute atomic E-state index is 13.0. The maximum Gasteiger partial charge on any atom is 0.254 e. The van der Waals surface area contributed by atoms with E-state index in [-0.39, 0.29) is 35.7 Å². The highest BCUT2D eigenvalue weighted by atomic mass is 35.5. The Balaban J connectivity index is 1.53. The van der Waals surface area contributed by atoms with Crippen LogP contribution in [0.2, 0.25) is 5.02 Å². The van der Waals surface area contributed by atoms with Crippen LogP contribution in [0.15, 0.2) is 47.0 Å². The minimum atomic E-state index is -0.526. The Morgan fingerprint density at radius 3 is 2.79 bits per heavy atom. The second-order valence-corrected chi connectivity index (χ2v) is 8.41. The quantitative estimate of drug-likeness (QED) is 0.361. The first kappa shape index (κ1) is 21.4. The first-order valence-electron chi connectivity index (χ1n) is 10.6. The summed E-state index contributed by atoms with van der Waals surface area (Å²) in [6.07, 6.45) is 2.03. The lowest BCUT2D eigenvalue weighted by Gasteiger charge is -2.25. The van der Waals surface area contributed by atoms with Gasteiger partial charge in [0.2, 0.25) is 17.4 Å². The molecule has 4 aromatic rings. The van der Waals surface area contributed by atoms with Crippen molar-refractivity contribution in [3.63, 3.8) is 0 Å². The second kappa shape index (κ2) is 8.46. The van der Waals surface area contributed by atoms with E-state index in [1.54, 1.807) is 12.1 Å². The van der Waals surface area contributed by atoms with Gasteiger partial charge in [0.1, 0.15) is 0 Å². The molecule has 1 fully saturated rings. The molecule has 1 aliphatic rings. The number of aromatic hydroxyl groups is 1. The van der Waals surface area contributed by atoms with Gasteiger partial charge >= 0.3 is 0 Å². The van der Waals surface area contributed by atoms with Gasteiger partial charge in [-0.1, -0.05) is 23.7 Å². The Labute approximate surface area is 194 Å². The van der Waals surface area contributed by atoms with Crippen molar-refractivity contribution in [1.82, 2.24) is 10.1 Å². The van der Waals surface area contributed by atoms with Crippen LogP contribution >= 0.6 is 11.6 Å². The first-order chi connectivity index (χ1) is 16.0. The molecule has 8 nitrogen and oxygen atoms in total. The number of fused-ring (bicyclic) bond motifs is 1. The molecule has 9 heteroatoms. The summed E-state index contributed by atoms with van der Waals surface area (Å²) in [4.78, 5) is 18.0. The number of hydrogen-bond donors (Lipinski definition) is 3. The van der Waals surface area contributed by atoms with Crippen molar-refractivity contribution in [1.29, 1.82) is 0 Å². The number of rotatable bonds is 6. The number of carbonyl (C=O) groups excluding carboxylic acids is 1. The molecule has 2 aromatic carbocycles. The molecule has 170 valence electrons. The van der Waals surface area contributed by atoms with E-state index in [1.165, 1.54) is 13.2 Å². The summed E-state index contributed by atoms with van der Waals surface area (Å²) in [5, 5.41) is 24.7. The number of nitrogens with zero attached hydrogens (tertiary/aromatic N) is 2. The van der Waals surface area contributed by atoms with Gasteiger partial charge in [-0.15, -0.1) is 0 Å². The van der Waals surface area contributed by atoms with Crippen molar-refractivity contribution < 1.29 is 24.3 Å². The van der Waals surface area contributed by atoms with Crippen LogP contribution in [0.5, 0.6) is 11.8 Å². The fraction of sp³-hybridized carbons (Fsp3) is 0.250. The molecule has 0 radical (unpaired) electrons. The van der Waals surface area contributed by atoms with Crippen LogP contribution in [0.1, 0.15) is 29.0 Å². The Morgan fingerprint density at radius 1 is 1.30 bits per heavy atom. The third-order valence-electron chi connectivity index (χ3n) is 6.11. The molecular weight excluding hydrogens is 446 g/mol. The number of methoxy groups -OCH3 is 1. The van der Waals surface area contributed by atoms with Crippen LogP contribution in [0, 0.1) is 0 Å². The average Bonchev–Trinajstić information content (AvgIpc) is 3.56. The predicted molar refractivity (Wildman–Crippen MR) is 124 cm³/mol. The number of aromatic nitrogens is 2. The molecule has 3 N–H and O–H groups in total. The smallest absolute Gasteiger partial charge is 0.254 e. The van der Waals surface area contributed by atoms with Crippen molar-refractivity contribution in [2.75, 3.05) is 25.2 Å². The fourth-order valence-corrected chi connectivity index (χ4v) is 4.71. The van der Waals surface area contributed by atoms with Crippen LogP contribution in [-0.2, 0) is 0 Å². The molecule has 2 aromatic heterocycles. The number of ketones is 1. The number of aliphatic hydroxyl groups excluding tert-OH is 1. The summed E-state index contributed by atoms with van der Waals surface area (Å²) < 4.78 is 10.0. The lowest BCUT2D eigenvalue weighted by atomic mass is 10.00. The van der Waals surface area contributed by atoms with Gasteiger partial charge in [-0.25, -0.2) is 0 Å². The van der Waals surface area contributed by atoms with Gasteiger partial charge in [-0.3, -0.25) is 4.79 Å². The van der Waals surface area contributed by atoms with Crippen molar-refractivity contribution in [2.24, 2.45) is 0 Å². The van der Waals surface area contributed by atoms with Crippen molar-refractivity contribution >= 4 is 34.0 Å². The number of carbonyl (C=O) groups is 1. The van der Waals surface area contributed by atoms with E-state index in [1.807, 2.05) is 24.3 Å². The summed E-state index contributed by atoms with van der Waals surface area (Å²) in [7, 11) is 1.42. The van der Waals surface area contributed by atoms with Gasteiger partial charge in [0.25, 0.3) is 5.88 Å². The molecule has 5 rings (SSSR count). The summed E-state index contributed by atoms with van der Waals surface area (Å²) >= 11 is 6.56. The highest BCUT2D eigenvalue weighted by Gasteiger charge is 2.26. The Morgan fingerprint density at radius 2 is 2.09 bits per heavy atom. The van der Waals surface area contributed by atoms with Crippen molar-refractivity contribution in [3.8, 4) is 22.9 Å². The highest BCUT2D eigenvalue weighted by molar-refractivity contribution is 6.34. The van der Waals surface area contributed by atoms with Gasteiger partial charge in [0, 0.05) is 23.2 Å². The number of halogens is 1. The molecule has 0 unspecified atom stereocenters. The van der Waals surface area contributed by atoms with E-state index in [2.05, 4.69) is 15.0 Å². The largest absolute Gasteiger partial charge is 0.494 e. The number of H-pyrrole nitrogens is 1. The number of hydrogen-bond acceptors (Lipinski definition) is 7. The predicted octanol–water partition coefficient (Wildman–Crippen LogP) is 4.38. The normalized spacial score (nSPS) is 16.0. The van der Waals surface area contributed by atoms with Gasteiger partial charge < -0.3 is 29.4 Å². The van der Waals surface area contributed by atoms with Gasteiger partial charge in [0.15, 0.2) is 0 Å². The van der Waals surface area contributed by atoms with Crippen LogP contribution in [0.25, 0.3) is 22.0 Å². The summed E-state index contributed by atoms with van der Waals surface area (Å²) in [5.74, 6) is -0.684. The van der Waals surface area contributed by atoms with Crippen molar-refractivity contribution in [2.45, 2.75) is 18.9 Å². The molecule has 0 bridgehead atoms. The third kappa shape index (κ3) is 3.71. The monoisotopic (exact) mass is 467 g/mol. The molecule has 1 saturated heterocycles. The van der Waals surface area contributed by atoms with Crippen LogP contribution in [-0.4, -0.2) is 52.4 Å². The fourth-order valence-electron chi connectivity index (χ4n) is 4.44. The van der Waals surface area contributed by atoms with E-state index in [0.29, 0.717) is 15.9 Å². The molecule has 33 heavy (non-hydrogen) atoms. The molecule has 3 heterocycles. The zero-order chi connectivity index (χ0) is 23.1. The topological polar surface area (TPSA) is 112 Å². The molecule has 1 aliphatic heterocycles. The van der Waals surface area contributed by atoms with Gasteiger partial charge in [-0.2, -0.15) is 0 Å². The SMILES string of the molecule is COc1cc(C(=O)c2c(O)[nH]c3cc(Cl)c(-c4ccc(N5CCC[C@H]5CO)cc4)cc23)on1. The summed E-state index contributed by atoms with van der Waals surface area (Å²) in [5.41, 5.74) is 3.23. The first-order valence-corrected chi connectivity index (χ1v) is 11.0. The van der Waals surface area contributed by atoms with E-state index >= 15 is 0 Å². The Hall–Kier alpha value is -3.49. The van der Waals surface area contributed by atoms with E-state index in [4.69, 9.17) is 20.9 Å². The van der Waals surface area contributed by atoms with Crippen LogP contribution in [0.4, 0.5) is 5.69 Å². The molecular formula is C24H22ClN3O5. The van der Waals surface area contributed by atoms with Crippen LogP contribution in [0.3, 0.4) is 0 Å². The molecule has 1 atom stereocenters. The van der Waals surface area contributed by atoms with E-state index < -0.39 is 5.78 Å². The number of nitrogens with one attached hydrogen (secondary N) is 1. The van der Waals surface area contributed by atoms with Gasteiger partial charge in [0.05, 0.1) is 41.9 Å². The lowest BCUT2D eigenvalue weighted by Crippen LogP contribution is -2.31. The number of ether oxygens (including phenoxy) is 1. The number of anilines is 1. The summed E-state index contributed by atoms with van der Waals surface area (Å²) in [6.45, 7) is 1.05. The molecule has 0 spiro atoms. The zero-order valence-electron chi connectivity index (χ0n) is 17.8. The van der Waals surface area contributed by atoms with Crippen molar-refractivity contribution in [3.05, 3.63) is 58.8 Å². The maximum atomic E-state index is 13.0. The lowest BCUT2D eigenvalue weighted by molar-refractivity contribution is 0.0999. The third-order valence-corrected chi connectivity index (χ3v) is 6.43. The summed E-state index contributed by atoms with van der Waals surface area (Å²) in [6, 6.07) is 12.9.